The van der Waals surface area contributed by atoms with Gasteiger partial charge in [-0.15, -0.1) is 0 Å². The van der Waals surface area contributed by atoms with Crippen molar-refractivity contribution in [3.05, 3.63) is 47.4 Å². The number of pyridine rings is 2. The third kappa shape index (κ3) is 3.62. The SMILES string of the molecule is CO[C@@H]1C[C@H]2CN(C(=O)c3cc(C)nc4c3c(C)nn4C)C[C@H]2C[C@H]1Nc1ccccn1. The minimum Gasteiger partial charge on any atom is -0.379 e. The Kier molecular flexibility index (Phi) is 5.33. The highest BCUT2D eigenvalue weighted by molar-refractivity contribution is 6.06. The number of ether oxygens (including phenoxy) is 1. The number of methoxy groups -OCH3 is 1. The van der Waals surface area contributed by atoms with Gasteiger partial charge < -0.3 is 15.0 Å². The summed E-state index contributed by atoms with van der Waals surface area (Å²) in [6.45, 7) is 5.40. The van der Waals surface area contributed by atoms with E-state index < -0.39 is 0 Å². The van der Waals surface area contributed by atoms with Crippen LogP contribution >= 0.6 is 0 Å². The number of nitrogens with zero attached hydrogens (tertiary/aromatic N) is 5. The zero-order chi connectivity index (χ0) is 22.4. The van der Waals surface area contributed by atoms with Crippen LogP contribution in [0.15, 0.2) is 30.5 Å². The van der Waals surface area contributed by atoms with Crippen LogP contribution in [0.25, 0.3) is 11.0 Å². The molecular formula is C24H30N6O2. The lowest BCUT2D eigenvalue weighted by molar-refractivity contribution is 0.0304. The predicted octanol–water partition coefficient (Wildman–Crippen LogP) is 2.96. The van der Waals surface area contributed by atoms with Crippen molar-refractivity contribution in [1.29, 1.82) is 0 Å². The Morgan fingerprint density at radius 3 is 2.69 bits per heavy atom. The van der Waals surface area contributed by atoms with E-state index in [1.165, 1.54) is 0 Å². The van der Waals surface area contributed by atoms with Crippen LogP contribution in [0.1, 0.15) is 34.6 Å². The van der Waals surface area contributed by atoms with Crippen LogP contribution in [-0.4, -0.2) is 62.9 Å². The topological polar surface area (TPSA) is 85.2 Å². The van der Waals surface area contributed by atoms with E-state index in [1.54, 1.807) is 18.0 Å². The summed E-state index contributed by atoms with van der Waals surface area (Å²) in [7, 11) is 3.65. The van der Waals surface area contributed by atoms with Crippen molar-refractivity contribution in [3.8, 4) is 0 Å². The summed E-state index contributed by atoms with van der Waals surface area (Å²) in [5, 5.41) is 8.91. The lowest BCUT2D eigenvalue weighted by Gasteiger charge is -2.37. The van der Waals surface area contributed by atoms with Crippen LogP contribution in [0.3, 0.4) is 0 Å². The Morgan fingerprint density at radius 1 is 1.19 bits per heavy atom. The summed E-state index contributed by atoms with van der Waals surface area (Å²) >= 11 is 0. The van der Waals surface area contributed by atoms with E-state index in [2.05, 4.69) is 20.4 Å². The number of carbonyl (C=O) groups excluding carboxylic acids is 1. The lowest BCUT2D eigenvalue weighted by atomic mass is 9.77. The van der Waals surface area contributed by atoms with Gasteiger partial charge in [-0.25, -0.2) is 9.97 Å². The number of likely N-dealkylation sites (tertiary alicyclic amines) is 1. The molecule has 0 spiro atoms. The van der Waals surface area contributed by atoms with Crippen LogP contribution in [0.2, 0.25) is 0 Å². The van der Waals surface area contributed by atoms with E-state index in [-0.39, 0.29) is 18.1 Å². The molecule has 3 aromatic rings. The Labute approximate surface area is 188 Å². The molecule has 5 rings (SSSR count). The van der Waals surface area contributed by atoms with Crippen molar-refractivity contribution in [2.75, 3.05) is 25.5 Å². The van der Waals surface area contributed by atoms with Gasteiger partial charge in [-0.3, -0.25) is 9.48 Å². The molecule has 168 valence electrons. The first-order valence-corrected chi connectivity index (χ1v) is 11.2. The second kappa shape index (κ2) is 8.16. The van der Waals surface area contributed by atoms with E-state index in [9.17, 15) is 4.79 Å². The number of carbonyl (C=O) groups is 1. The first-order chi connectivity index (χ1) is 15.4. The second-order valence-electron chi connectivity index (χ2n) is 9.16. The minimum absolute atomic E-state index is 0.0780. The van der Waals surface area contributed by atoms with Crippen LogP contribution in [0.4, 0.5) is 5.82 Å². The molecule has 0 unspecified atom stereocenters. The van der Waals surface area contributed by atoms with Crippen molar-refractivity contribution in [2.24, 2.45) is 18.9 Å². The molecular weight excluding hydrogens is 404 g/mol. The Morgan fingerprint density at radius 2 is 1.97 bits per heavy atom. The number of hydrogen-bond donors (Lipinski definition) is 1. The van der Waals surface area contributed by atoms with Crippen molar-refractivity contribution < 1.29 is 9.53 Å². The molecule has 1 amide bonds. The molecule has 2 aliphatic rings. The molecule has 3 aromatic heterocycles. The minimum atomic E-state index is 0.0780. The van der Waals surface area contributed by atoms with Crippen LogP contribution in [0, 0.1) is 25.7 Å². The molecule has 1 N–H and O–H groups in total. The molecule has 1 saturated heterocycles. The van der Waals surface area contributed by atoms with Crippen molar-refractivity contribution in [2.45, 2.75) is 38.8 Å². The zero-order valence-electron chi connectivity index (χ0n) is 19.1. The number of nitrogens with one attached hydrogen (secondary N) is 1. The number of anilines is 1. The van der Waals surface area contributed by atoms with E-state index in [0.29, 0.717) is 17.4 Å². The van der Waals surface area contributed by atoms with Gasteiger partial charge in [0.2, 0.25) is 0 Å². The van der Waals surface area contributed by atoms with E-state index in [4.69, 9.17) is 4.74 Å². The standard InChI is InChI=1S/C24H30N6O2/c1-14-9-18(22-15(2)28-29(3)23(22)26-14)24(31)30-12-16-10-19(20(32-4)11-17(16)13-30)27-21-7-5-6-8-25-21/h5-9,16-17,19-20H,10-13H2,1-4H3,(H,25,27)/t16-,17+,19-,20-/m1/s1. The number of hydrogen-bond acceptors (Lipinski definition) is 6. The van der Waals surface area contributed by atoms with Crippen molar-refractivity contribution in [1.82, 2.24) is 24.6 Å². The molecule has 32 heavy (non-hydrogen) atoms. The van der Waals surface area contributed by atoms with Crippen molar-refractivity contribution >= 4 is 22.8 Å². The first-order valence-electron chi connectivity index (χ1n) is 11.2. The monoisotopic (exact) mass is 434 g/mol. The van der Waals surface area contributed by atoms with E-state index in [0.717, 1.165) is 54.2 Å². The number of aromatic nitrogens is 4. The molecule has 2 fully saturated rings. The number of amides is 1. The predicted molar refractivity (Wildman–Crippen MR) is 123 cm³/mol. The maximum absolute atomic E-state index is 13.6. The average molecular weight is 435 g/mol. The number of aryl methyl sites for hydroxylation is 3. The second-order valence-corrected chi connectivity index (χ2v) is 9.16. The third-order valence-corrected chi connectivity index (χ3v) is 7.03. The van der Waals surface area contributed by atoms with Crippen LogP contribution < -0.4 is 5.32 Å². The van der Waals surface area contributed by atoms with Gasteiger partial charge in [-0.05, 0) is 56.7 Å². The Hall–Kier alpha value is -3.00. The molecule has 1 saturated carbocycles. The Bertz CT molecular complexity index is 1140. The summed E-state index contributed by atoms with van der Waals surface area (Å²) in [4.78, 5) is 24.7. The summed E-state index contributed by atoms with van der Waals surface area (Å²) < 4.78 is 7.60. The summed E-state index contributed by atoms with van der Waals surface area (Å²) in [6, 6.07) is 7.97. The van der Waals surface area contributed by atoms with Gasteiger partial charge in [-0.1, -0.05) is 6.07 Å². The van der Waals surface area contributed by atoms with E-state index >= 15 is 0 Å². The zero-order valence-corrected chi connectivity index (χ0v) is 19.1. The van der Waals surface area contributed by atoms with Gasteiger partial charge in [0.25, 0.3) is 5.91 Å². The average Bonchev–Trinajstić information content (AvgIpc) is 3.32. The molecule has 0 bridgehead atoms. The summed E-state index contributed by atoms with van der Waals surface area (Å²) in [5.74, 6) is 1.83. The molecule has 0 aromatic carbocycles. The van der Waals surface area contributed by atoms with Gasteiger partial charge >= 0.3 is 0 Å². The van der Waals surface area contributed by atoms with Gasteiger partial charge in [0.1, 0.15) is 5.82 Å². The molecule has 1 aliphatic heterocycles. The fourth-order valence-corrected chi connectivity index (χ4v) is 5.54. The highest BCUT2D eigenvalue weighted by atomic mass is 16.5. The maximum Gasteiger partial charge on any atom is 0.254 e. The normalized spacial score (nSPS) is 25.2. The lowest BCUT2D eigenvalue weighted by Crippen LogP contribution is -2.44. The van der Waals surface area contributed by atoms with Crippen LogP contribution in [-0.2, 0) is 11.8 Å². The maximum atomic E-state index is 13.6. The van der Waals surface area contributed by atoms with Gasteiger partial charge in [0.05, 0.1) is 28.8 Å². The van der Waals surface area contributed by atoms with E-state index in [1.807, 2.05) is 50.1 Å². The molecule has 8 nitrogen and oxygen atoms in total. The smallest absolute Gasteiger partial charge is 0.254 e. The number of fused-ring (bicyclic) bond motifs is 2. The summed E-state index contributed by atoms with van der Waals surface area (Å²) in [6.07, 6.45) is 3.79. The fourth-order valence-electron chi connectivity index (χ4n) is 5.54. The fraction of sp³-hybridized carbons (Fsp3) is 0.500. The van der Waals surface area contributed by atoms with Crippen molar-refractivity contribution in [3.63, 3.8) is 0 Å². The van der Waals surface area contributed by atoms with Gasteiger partial charge in [0.15, 0.2) is 5.65 Å². The van der Waals surface area contributed by atoms with Gasteiger partial charge in [-0.2, -0.15) is 5.10 Å². The molecule has 0 radical (unpaired) electrons. The molecule has 4 atom stereocenters. The van der Waals surface area contributed by atoms with Crippen LogP contribution in [0.5, 0.6) is 0 Å². The third-order valence-electron chi connectivity index (χ3n) is 7.03. The number of rotatable bonds is 4. The van der Waals surface area contributed by atoms with Gasteiger partial charge in [0, 0.05) is 39.1 Å². The highest BCUT2D eigenvalue weighted by Crippen LogP contribution is 2.39. The molecule has 8 heteroatoms. The molecule has 1 aliphatic carbocycles. The first kappa shape index (κ1) is 20.9. The highest BCUT2D eigenvalue weighted by Gasteiger charge is 2.44. The largest absolute Gasteiger partial charge is 0.379 e. The summed E-state index contributed by atoms with van der Waals surface area (Å²) in [5.41, 5.74) is 3.15. The molecule has 4 heterocycles. The Balaban J connectivity index is 1.37. The quantitative estimate of drug-likeness (QED) is 0.680.